The lowest BCUT2D eigenvalue weighted by Crippen LogP contribution is -2.19. The molecule has 0 saturated carbocycles. The maximum absolute atomic E-state index is 12.4. The van der Waals surface area contributed by atoms with Gasteiger partial charge in [-0.25, -0.2) is 4.98 Å². The first-order chi connectivity index (χ1) is 12.5. The van der Waals surface area contributed by atoms with E-state index in [1.807, 2.05) is 51.1 Å². The molecule has 2 aromatic heterocycles. The number of carbonyl (C=O) groups excluding carboxylic acids is 1. The zero-order chi connectivity index (χ0) is 18.7. The highest BCUT2D eigenvalue weighted by Crippen LogP contribution is 2.22. The molecule has 0 aliphatic rings. The first-order valence-corrected chi connectivity index (χ1v) is 9.42. The van der Waals surface area contributed by atoms with E-state index in [2.05, 4.69) is 10.1 Å². The fourth-order valence-electron chi connectivity index (χ4n) is 2.65. The summed E-state index contributed by atoms with van der Waals surface area (Å²) in [6.45, 7) is 5.95. The number of aromatic nitrogens is 3. The maximum atomic E-state index is 12.4. The fraction of sp³-hybridized carbons (Fsp3) is 0.368. The van der Waals surface area contributed by atoms with Crippen LogP contribution < -0.4 is 5.56 Å². The molecular formula is C19H21N3O3S. The van der Waals surface area contributed by atoms with Crippen molar-refractivity contribution in [1.82, 2.24) is 14.6 Å². The van der Waals surface area contributed by atoms with Crippen molar-refractivity contribution in [2.45, 2.75) is 45.6 Å². The summed E-state index contributed by atoms with van der Waals surface area (Å²) < 4.78 is 6.72. The smallest absolute Gasteiger partial charge is 0.313 e. The second kappa shape index (κ2) is 7.78. The van der Waals surface area contributed by atoms with Gasteiger partial charge in [0, 0.05) is 12.0 Å². The lowest BCUT2D eigenvalue weighted by Gasteiger charge is -2.14. The predicted molar refractivity (Wildman–Crippen MR) is 100 cm³/mol. The molecule has 1 aromatic carbocycles. The molecule has 6 nitrogen and oxygen atoms in total. The average molecular weight is 371 g/mol. The molecule has 7 heteroatoms. The molecule has 1 atom stereocenters. The zero-order valence-corrected chi connectivity index (χ0v) is 15.8. The number of carbonyl (C=O) groups is 1. The van der Waals surface area contributed by atoms with Crippen LogP contribution in [0.15, 0.2) is 41.2 Å². The van der Waals surface area contributed by atoms with Crippen molar-refractivity contribution in [3.8, 4) is 0 Å². The van der Waals surface area contributed by atoms with E-state index in [1.54, 1.807) is 0 Å². The third kappa shape index (κ3) is 3.83. The number of ether oxygens (including phenoxy) is 1. The van der Waals surface area contributed by atoms with E-state index in [4.69, 9.17) is 4.74 Å². The Morgan fingerprint density at radius 3 is 2.65 bits per heavy atom. The highest BCUT2D eigenvalue weighted by atomic mass is 32.1. The van der Waals surface area contributed by atoms with Crippen LogP contribution in [0.1, 0.15) is 55.3 Å². The van der Waals surface area contributed by atoms with Gasteiger partial charge in [0.05, 0.1) is 11.6 Å². The lowest BCUT2D eigenvalue weighted by molar-refractivity contribution is -0.147. The first kappa shape index (κ1) is 18.3. The van der Waals surface area contributed by atoms with E-state index in [0.717, 1.165) is 10.6 Å². The van der Waals surface area contributed by atoms with E-state index < -0.39 is 0 Å². The average Bonchev–Trinajstić information content (AvgIpc) is 3.07. The molecule has 0 N–H and O–H groups in total. The minimum atomic E-state index is -0.322. The Bertz CT molecular complexity index is 963. The number of hydrogen-bond donors (Lipinski definition) is 0. The molecule has 0 amide bonds. The lowest BCUT2D eigenvalue weighted by atomic mass is 9.97. The SMILES string of the molecule is CC[C@H](C(=O)OCc1cc(=O)n2nc(C(C)C)sc2n1)c1ccccc1. The Morgan fingerprint density at radius 1 is 1.27 bits per heavy atom. The molecule has 136 valence electrons. The van der Waals surface area contributed by atoms with Crippen molar-refractivity contribution in [3.05, 3.63) is 63.0 Å². The molecule has 3 aromatic rings. The summed E-state index contributed by atoms with van der Waals surface area (Å²) in [5, 5.41) is 5.13. The molecule has 26 heavy (non-hydrogen) atoms. The third-order valence-electron chi connectivity index (χ3n) is 4.06. The number of fused-ring (bicyclic) bond motifs is 1. The normalized spacial score (nSPS) is 12.5. The summed E-state index contributed by atoms with van der Waals surface area (Å²) in [5.41, 5.74) is 1.09. The Kier molecular flexibility index (Phi) is 5.46. The molecule has 0 unspecified atom stereocenters. The quantitative estimate of drug-likeness (QED) is 0.620. The second-order valence-corrected chi connectivity index (χ2v) is 7.34. The molecule has 0 bridgehead atoms. The monoisotopic (exact) mass is 371 g/mol. The van der Waals surface area contributed by atoms with Crippen molar-refractivity contribution in [2.75, 3.05) is 0 Å². The molecule has 3 rings (SSSR count). The van der Waals surface area contributed by atoms with Crippen LogP contribution in [-0.4, -0.2) is 20.6 Å². The van der Waals surface area contributed by atoms with Crippen LogP contribution in [0.3, 0.4) is 0 Å². The van der Waals surface area contributed by atoms with Gasteiger partial charge in [0.2, 0.25) is 4.96 Å². The summed E-state index contributed by atoms with van der Waals surface area (Å²) in [7, 11) is 0. The van der Waals surface area contributed by atoms with Gasteiger partial charge in [-0.2, -0.15) is 9.61 Å². The summed E-state index contributed by atoms with van der Waals surface area (Å²) in [6, 6.07) is 10.9. The molecular weight excluding hydrogens is 350 g/mol. The van der Waals surface area contributed by atoms with Gasteiger partial charge in [-0.3, -0.25) is 9.59 Å². The molecule has 0 aliphatic carbocycles. The number of benzene rings is 1. The topological polar surface area (TPSA) is 73.6 Å². The Morgan fingerprint density at radius 2 is 2.00 bits per heavy atom. The number of hydrogen-bond acceptors (Lipinski definition) is 6. The van der Waals surface area contributed by atoms with Crippen LogP contribution in [0.4, 0.5) is 0 Å². The van der Waals surface area contributed by atoms with Crippen molar-refractivity contribution >= 4 is 22.3 Å². The van der Waals surface area contributed by atoms with E-state index in [0.29, 0.717) is 17.1 Å². The molecule has 0 fully saturated rings. The van der Waals surface area contributed by atoms with Gasteiger partial charge in [-0.05, 0) is 12.0 Å². The van der Waals surface area contributed by atoms with Crippen LogP contribution in [0.5, 0.6) is 0 Å². The number of rotatable bonds is 6. The molecule has 0 spiro atoms. The predicted octanol–water partition coefficient (Wildman–Crippen LogP) is 3.51. The minimum absolute atomic E-state index is 0.0250. The van der Waals surface area contributed by atoms with Gasteiger partial charge < -0.3 is 4.74 Å². The largest absolute Gasteiger partial charge is 0.459 e. The maximum Gasteiger partial charge on any atom is 0.313 e. The standard InChI is InChI=1S/C19H21N3O3S/c1-4-15(13-8-6-5-7-9-13)18(24)25-11-14-10-16(23)22-19(20-14)26-17(21-22)12(2)3/h5-10,12,15H,4,11H2,1-3H3/t15-/m0/s1. The van der Waals surface area contributed by atoms with Gasteiger partial charge in [-0.1, -0.05) is 62.4 Å². The van der Waals surface area contributed by atoms with Gasteiger partial charge >= 0.3 is 5.97 Å². The van der Waals surface area contributed by atoms with Gasteiger partial charge in [0.25, 0.3) is 5.56 Å². The highest BCUT2D eigenvalue weighted by Gasteiger charge is 2.20. The van der Waals surface area contributed by atoms with Crippen LogP contribution in [0, 0.1) is 0 Å². The van der Waals surface area contributed by atoms with Crippen LogP contribution in [-0.2, 0) is 16.1 Å². The summed E-state index contributed by atoms with van der Waals surface area (Å²) >= 11 is 1.38. The molecule has 0 radical (unpaired) electrons. The molecule has 2 heterocycles. The molecule has 0 aliphatic heterocycles. The van der Waals surface area contributed by atoms with E-state index in [1.165, 1.54) is 21.9 Å². The summed E-state index contributed by atoms with van der Waals surface area (Å²) in [4.78, 5) is 29.6. The Hall–Kier alpha value is -2.54. The van der Waals surface area contributed by atoms with Crippen molar-refractivity contribution in [1.29, 1.82) is 0 Å². The fourth-order valence-corrected chi connectivity index (χ4v) is 3.57. The molecule has 0 saturated heterocycles. The van der Waals surface area contributed by atoms with Crippen LogP contribution >= 0.6 is 11.3 Å². The van der Waals surface area contributed by atoms with E-state index >= 15 is 0 Å². The van der Waals surface area contributed by atoms with Crippen molar-refractivity contribution < 1.29 is 9.53 Å². The third-order valence-corrected chi connectivity index (χ3v) is 5.27. The highest BCUT2D eigenvalue weighted by molar-refractivity contribution is 7.16. The van der Waals surface area contributed by atoms with Gasteiger partial charge in [-0.15, -0.1) is 0 Å². The zero-order valence-electron chi connectivity index (χ0n) is 15.0. The van der Waals surface area contributed by atoms with Crippen molar-refractivity contribution in [3.63, 3.8) is 0 Å². The summed E-state index contributed by atoms with van der Waals surface area (Å²) in [5.74, 6) is -0.414. The number of esters is 1. The Balaban J connectivity index is 1.76. The van der Waals surface area contributed by atoms with Crippen molar-refractivity contribution in [2.24, 2.45) is 0 Å². The summed E-state index contributed by atoms with van der Waals surface area (Å²) in [6.07, 6.45) is 0.643. The van der Waals surface area contributed by atoms with Gasteiger partial charge in [0.15, 0.2) is 0 Å². The van der Waals surface area contributed by atoms with E-state index in [9.17, 15) is 9.59 Å². The van der Waals surface area contributed by atoms with E-state index in [-0.39, 0.29) is 30.0 Å². The van der Waals surface area contributed by atoms with Crippen LogP contribution in [0.25, 0.3) is 4.96 Å². The van der Waals surface area contributed by atoms with Crippen LogP contribution in [0.2, 0.25) is 0 Å². The van der Waals surface area contributed by atoms with Gasteiger partial charge in [0.1, 0.15) is 11.6 Å². The first-order valence-electron chi connectivity index (χ1n) is 8.60. The Labute approximate surface area is 155 Å². The second-order valence-electron chi connectivity index (χ2n) is 6.35. The minimum Gasteiger partial charge on any atom is -0.459 e. The number of nitrogens with zero attached hydrogens (tertiary/aromatic N) is 3.